The summed E-state index contributed by atoms with van der Waals surface area (Å²) in [5.74, 6) is 0.346. The van der Waals surface area contributed by atoms with Crippen molar-refractivity contribution in [2.24, 2.45) is 0 Å². The number of benzene rings is 2. The maximum Gasteiger partial charge on any atom is 0.240 e. The minimum absolute atomic E-state index is 0.122. The Hall–Kier alpha value is -1.93. The third-order valence-electron chi connectivity index (χ3n) is 4.58. The van der Waals surface area contributed by atoms with Crippen LogP contribution in [0, 0.1) is 0 Å². The number of methoxy groups -OCH3 is 1. The molecule has 0 aliphatic heterocycles. The molecule has 0 spiro atoms. The number of hydrogen-bond acceptors (Lipinski definition) is 5. The maximum atomic E-state index is 12.6. The Morgan fingerprint density at radius 1 is 1.04 bits per heavy atom. The van der Waals surface area contributed by atoms with E-state index in [-0.39, 0.29) is 17.2 Å². The number of rotatable bonds is 5. The molecule has 1 fully saturated rings. The molecule has 3 N–H and O–H groups in total. The molecule has 2 aromatic carbocycles. The predicted octanol–water partition coefficient (Wildman–Crippen LogP) is 1.25. The van der Waals surface area contributed by atoms with Gasteiger partial charge in [0.2, 0.25) is 10.0 Å². The molecule has 3 rings (SSSR count). The first-order valence-electron chi connectivity index (χ1n) is 8.00. The summed E-state index contributed by atoms with van der Waals surface area (Å²) in [6.07, 6.45) is -1.89. The van der Waals surface area contributed by atoms with Gasteiger partial charge in [0.05, 0.1) is 30.3 Å². The summed E-state index contributed by atoms with van der Waals surface area (Å²) in [6, 6.07) is 14.3. The summed E-state index contributed by atoms with van der Waals surface area (Å²) in [7, 11) is -2.24. The van der Waals surface area contributed by atoms with Crippen LogP contribution in [0.3, 0.4) is 0 Å². The van der Waals surface area contributed by atoms with E-state index in [0.717, 1.165) is 5.56 Å². The lowest BCUT2D eigenvalue weighted by Gasteiger charge is -2.24. The van der Waals surface area contributed by atoms with Crippen LogP contribution in [0.1, 0.15) is 17.9 Å². The van der Waals surface area contributed by atoms with Gasteiger partial charge < -0.3 is 14.9 Å². The standard InChI is InChI=1S/C18H21NO5S/c1-24-13-9-7-12(8-10-13)15-11-16(20)18(21)17(15)19-25(22,23)14-5-3-2-4-6-14/h2-10,15-21H,11H2,1H3/t15-,16-,17-,18-/m1/s1. The zero-order chi connectivity index (χ0) is 18.0. The van der Waals surface area contributed by atoms with Gasteiger partial charge in [0.25, 0.3) is 0 Å². The van der Waals surface area contributed by atoms with Crippen molar-refractivity contribution in [1.29, 1.82) is 0 Å². The van der Waals surface area contributed by atoms with Gasteiger partial charge in [0, 0.05) is 5.92 Å². The van der Waals surface area contributed by atoms with E-state index >= 15 is 0 Å². The highest BCUT2D eigenvalue weighted by molar-refractivity contribution is 7.89. The molecule has 2 aromatic rings. The highest BCUT2D eigenvalue weighted by Gasteiger charge is 2.44. The van der Waals surface area contributed by atoms with Crippen LogP contribution < -0.4 is 9.46 Å². The molecule has 0 bridgehead atoms. The molecule has 4 atom stereocenters. The molecule has 1 aliphatic carbocycles. The monoisotopic (exact) mass is 363 g/mol. The summed E-state index contributed by atoms with van der Waals surface area (Å²) >= 11 is 0. The van der Waals surface area contributed by atoms with Crippen molar-refractivity contribution in [3.63, 3.8) is 0 Å². The molecule has 0 unspecified atom stereocenters. The van der Waals surface area contributed by atoms with Crippen LogP contribution in [-0.4, -0.2) is 44.0 Å². The SMILES string of the molecule is COc1ccc([C@H]2C[C@@H](O)[C@@H](O)[C@@H]2NS(=O)(=O)c2ccccc2)cc1. The Balaban J connectivity index is 1.88. The van der Waals surface area contributed by atoms with Crippen LogP contribution >= 0.6 is 0 Å². The van der Waals surface area contributed by atoms with E-state index in [0.29, 0.717) is 5.75 Å². The highest BCUT2D eigenvalue weighted by Crippen LogP contribution is 2.36. The molecular formula is C18H21NO5S. The number of ether oxygens (including phenoxy) is 1. The number of aliphatic hydroxyl groups is 2. The normalized spacial score (nSPS) is 26.5. The van der Waals surface area contributed by atoms with Gasteiger partial charge in [-0.25, -0.2) is 13.1 Å². The van der Waals surface area contributed by atoms with Crippen molar-refractivity contribution in [3.05, 3.63) is 60.2 Å². The van der Waals surface area contributed by atoms with E-state index in [1.807, 2.05) is 12.1 Å². The molecule has 1 aliphatic rings. The average Bonchev–Trinajstić information content (AvgIpc) is 2.90. The zero-order valence-corrected chi connectivity index (χ0v) is 14.6. The second-order valence-corrected chi connectivity index (χ2v) is 7.85. The average molecular weight is 363 g/mol. The lowest BCUT2D eigenvalue weighted by molar-refractivity contribution is 0.0338. The second-order valence-electron chi connectivity index (χ2n) is 6.13. The third-order valence-corrected chi connectivity index (χ3v) is 6.06. The molecule has 6 nitrogen and oxygen atoms in total. The minimum Gasteiger partial charge on any atom is -0.497 e. The fourth-order valence-corrected chi connectivity index (χ4v) is 4.53. The zero-order valence-electron chi connectivity index (χ0n) is 13.7. The number of nitrogens with one attached hydrogen (secondary N) is 1. The Kier molecular flexibility index (Phi) is 5.10. The topological polar surface area (TPSA) is 95.9 Å². The van der Waals surface area contributed by atoms with Crippen molar-refractivity contribution in [1.82, 2.24) is 4.72 Å². The first-order chi connectivity index (χ1) is 11.9. The van der Waals surface area contributed by atoms with E-state index in [4.69, 9.17) is 4.74 Å². The maximum absolute atomic E-state index is 12.6. The Labute approximate surface area is 147 Å². The lowest BCUT2D eigenvalue weighted by atomic mass is 9.94. The second kappa shape index (κ2) is 7.13. The van der Waals surface area contributed by atoms with Gasteiger partial charge in [0.15, 0.2) is 0 Å². The Morgan fingerprint density at radius 3 is 2.28 bits per heavy atom. The molecule has 1 saturated carbocycles. The van der Waals surface area contributed by atoms with Crippen LogP contribution in [0.15, 0.2) is 59.5 Å². The quantitative estimate of drug-likeness (QED) is 0.743. The number of aliphatic hydroxyl groups excluding tert-OH is 2. The smallest absolute Gasteiger partial charge is 0.240 e. The van der Waals surface area contributed by atoms with Gasteiger partial charge in [-0.05, 0) is 36.2 Å². The van der Waals surface area contributed by atoms with E-state index in [1.165, 1.54) is 12.1 Å². The molecule has 0 heterocycles. The van der Waals surface area contributed by atoms with Gasteiger partial charge in [-0.1, -0.05) is 30.3 Å². The Morgan fingerprint density at radius 2 is 1.68 bits per heavy atom. The van der Waals surface area contributed by atoms with Gasteiger partial charge in [-0.3, -0.25) is 0 Å². The van der Waals surface area contributed by atoms with Gasteiger partial charge in [-0.2, -0.15) is 0 Å². The van der Waals surface area contributed by atoms with Gasteiger partial charge in [-0.15, -0.1) is 0 Å². The fourth-order valence-electron chi connectivity index (χ4n) is 3.22. The van der Waals surface area contributed by atoms with Gasteiger partial charge in [0.1, 0.15) is 5.75 Å². The molecule has 0 amide bonds. The van der Waals surface area contributed by atoms with Gasteiger partial charge >= 0.3 is 0 Å². The number of hydrogen-bond donors (Lipinski definition) is 3. The molecular weight excluding hydrogens is 342 g/mol. The summed E-state index contributed by atoms with van der Waals surface area (Å²) in [4.78, 5) is 0.122. The third kappa shape index (κ3) is 3.69. The summed E-state index contributed by atoms with van der Waals surface area (Å²) in [5.41, 5.74) is 0.831. The van der Waals surface area contributed by atoms with Crippen molar-refractivity contribution in [2.75, 3.05) is 7.11 Å². The molecule has 25 heavy (non-hydrogen) atoms. The van der Waals surface area contributed by atoms with E-state index < -0.39 is 28.3 Å². The highest BCUT2D eigenvalue weighted by atomic mass is 32.2. The van der Waals surface area contributed by atoms with E-state index in [9.17, 15) is 18.6 Å². The molecule has 7 heteroatoms. The minimum atomic E-state index is -3.80. The lowest BCUT2D eigenvalue weighted by Crippen LogP contribution is -2.45. The largest absolute Gasteiger partial charge is 0.497 e. The molecule has 0 radical (unpaired) electrons. The van der Waals surface area contributed by atoms with Crippen LogP contribution in [0.5, 0.6) is 5.75 Å². The molecule has 134 valence electrons. The predicted molar refractivity (Wildman–Crippen MR) is 92.9 cm³/mol. The fraction of sp³-hybridized carbons (Fsp3) is 0.333. The van der Waals surface area contributed by atoms with Crippen LogP contribution in [0.4, 0.5) is 0 Å². The van der Waals surface area contributed by atoms with Crippen molar-refractivity contribution >= 4 is 10.0 Å². The van der Waals surface area contributed by atoms with Crippen LogP contribution in [0.2, 0.25) is 0 Å². The number of sulfonamides is 1. The summed E-state index contributed by atoms with van der Waals surface area (Å²) in [6.45, 7) is 0. The van der Waals surface area contributed by atoms with Crippen LogP contribution in [0.25, 0.3) is 0 Å². The van der Waals surface area contributed by atoms with Crippen molar-refractivity contribution < 1.29 is 23.4 Å². The van der Waals surface area contributed by atoms with E-state index in [1.54, 1.807) is 37.4 Å². The first kappa shape index (κ1) is 17.9. The van der Waals surface area contributed by atoms with Crippen molar-refractivity contribution in [3.8, 4) is 5.75 Å². The first-order valence-corrected chi connectivity index (χ1v) is 9.48. The van der Waals surface area contributed by atoms with Crippen molar-refractivity contribution in [2.45, 2.75) is 35.5 Å². The summed E-state index contributed by atoms with van der Waals surface area (Å²) < 4.78 is 32.9. The molecule has 0 saturated heterocycles. The van der Waals surface area contributed by atoms with Crippen LogP contribution in [-0.2, 0) is 10.0 Å². The molecule has 0 aromatic heterocycles. The summed E-state index contributed by atoms with van der Waals surface area (Å²) in [5, 5.41) is 20.4. The Bertz CT molecular complexity index is 807. The van der Waals surface area contributed by atoms with E-state index in [2.05, 4.69) is 4.72 Å².